The highest BCUT2D eigenvalue weighted by atomic mass is 127. The molecule has 0 saturated carbocycles. The zero-order valence-electron chi connectivity index (χ0n) is 12.5. The van der Waals surface area contributed by atoms with Crippen LogP contribution >= 0.6 is 33.9 Å². The Morgan fingerprint density at radius 3 is 2.71 bits per heavy atom. The fraction of sp³-hybridized carbons (Fsp3) is 0.188. The molecule has 1 N–H and O–H groups in total. The van der Waals surface area contributed by atoms with Crippen molar-refractivity contribution in [2.45, 2.75) is 13.2 Å². The molecule has 0 aliphatic heterocycles. The van der Waals surface area contributed by atoms with Gasteiger partial charge in [-0.1, -0.05) is 52.9 Å². The van der Waals surface area contributed by atoms with Crippen molar-refractivity contribution in [1.82, 2.24) is 9.55 Å². The summed E-state index contributed by atoms with van der Waals surface area (Å²) in [4.78, 5) is 39.2. The number of nitrogens with zero attached hydrogens (tertiary/aromatic N) is 1. The van der Waals surface area contributed by atoms with Crippen LogP contribution in [0.25, 0.3) is 10.2 Å². The summed E-state index contributed by atoms with van der Waals surface area (Å²) in [5, 5.41) is 0.330. The molecule has 6 nitrogen and oxygen atoms in total. The minimum atomic E-state index is -0.507. The summed E-state index contributed by atoms with van der Waals surface area (Å²) < 4.78 is 7.47. The summed E-state index contributed by atoms with van der Waals surface area (Å²) in [6.45, 7) is 0.622. The largest absolute Gasteiger partial charge is 0.457 e. The van der Waals surface area contributed by atoms with E-state index in [9.17, 15) is 14.4 Å². The lowest BCUT2D eigenvalue weighted by molar-refractivity contribution is 0.0478. The number of carbonyl (C=O) groups is 1. The molecule has 2 heterocycles. The quantitative estimate of drug-likeness (QED) is 0.364. The summed E-state index contributed by atoms with van der Waals surface area (Å²) in [5.41, 5.74) is -0.0695. The van der Waals surface area contributed by atoms with E-state index in [4.69, 9.17) is 4.74 Å². The Hall–Kier alpha value is -1.94. The number of aromatic nitrogens is 2. The lowest BCUT2D eigenvalue weighted by atomic mass is 10.2. The molecule has 8 heteroatoms. The minimum absolute atomic E-state index is 0.158. The van der Waals surface area contributed by atoms with Crippen LogP contribution < -0.4 is 11.2 Å². The molecule has 1 aromatic carbocycles. The highest BCUT2D eigenvalue weighted by molar-refractivity contribution is 14.1. The Morgan fingerprint density at radius 1 is 1.25 bits per heavy atom. The van der Waals surface area contributed by atoms with Crippen LogP contribution in [0.15, 0.2) is 46.0 Å². The molecule has 2 aromatic heterocycles. The Labute approximate surface area is 154 Å². The molecule has 124 valence electrons. The van der Waals surface area contributed by atoms with Gasteiger partial charge < -0.3 is 4.74 Å². The molecular weight excluding hydrogens is 443 g/mol. The average Bonchev–Trinajstić information content (AvgIpc) is 3.03. The monoisotopic (exact) mass is 456 g/mol. The van der Waals surface area contributed by atoms with Gasteiger partial charge in [0.25, 0.3) is 5.56 Å². The Kier molecular flexibility index (Phi) is 5.14. The number of thiophene rings is 1. The molecule has 0 aliphatic carbocycles. The number of alkyl halides is 1. The number of hydrogen-bond acceptors (Lipinski definition) is 5. The number of carbonyl (C=O) groups excluding carboxylic acids is 1. The van der Waals surface area contributed by atoms with Crippen LogP contribution in [-0.4, -0.2) is 19.9 Å². The van der Waals surface area contributed by atoms with E-state index in [1.165, 1.54) is 10.6 Å². The highest BCUT2D eigenvalue weighted by Gasteiger charge is 2.17. The first-order valence-electron chi connectivity index (χ1n) is 7.14. The fourth-order valence-corrected chi connectivity index (χ4v) is 3.81. The van der Waals surface area contributed by atoms with Crippen LogP contribution in [0.5, 0.6) is 0 Å². The lowest BCUT2D eigenvalue weighted by Gasteiger charge is -2.03. The third kappa shape index (κ3) is 3.44. The molecule has 0 spiro atoms. The number of esters is 1. The van der Waals surface area contributed by atoms with Crippen molar-refractivity contribution in [2.24, 2.45) is 0 Å². The second-order valence-corrected chi connectivity index (χ2v) is 7.10. The first kappa shape index (κ1) is 16.9. The summed E-state index contributed by atoms with van der Waals surface area (Å²) in [6.07, 6.45) is 0. The normalized spacial score (nSPS) is 10.9. The van der Waals surface area contributed by atoms with E-state index < -0.39 is 17.2 Å². The number of rotatable bonds is 5. The Balaban J connectivity index is 1.91. The van der Waals surface area contributed by atoms with E-state index in [1.54, 1.807) is 0 Å². The third-order valence-corrected chi connectivity index (χ3v) is 5.01. The average molecular weight is 456 g/mol. The predicted molar refractivity (Wildman–Crippen MR) is 101 cm³/mol. The smallest absolute Gasteiger partial charge is 0.348 e. The predicted octanol–water partition coefficient (Wildman–Crippen LogP) is 2.54. The van der Waals surface area contributed by atoms with E-state index in [-0.39, 0.29) is 6.61 Å². The van der Waals surface area contributed by atoms with Crippen LogP contribution in [0.2, 0.25) is 0 Å². The zero-order chi connectivity index (χ0) is 17.1. The molecule has 24 heavy (non-hydrogen) atoms. The molecule has 0 radical (unpaired) electrons. The van der Waals surface area contributed by atoms with Gasteiger partial charge >= 0.3 is 11.7 Å². The first-order valence-corrected chi connectivity index (χ1v) is 9.48. The maximum Gasteiger partial charge on any atom is 0.348 e. The molecule has 3 aromatic rings. The van der Waals surface area contributed by atoms with Gasteiger partial charge in [-0.3, -0.25) is 14.3 Å². The summed E-state index contributed by atoms with van der Waals surface area (Å²) >= 11 is 3.25. The first-order chi connectivity index (χ1) is 11.6. The Morgan fingerprint density at radius 2 is 2.00 bits per heavy atom. The maximum atomic E-state index is 12.2. The van der Waals surface area contributed by atoms with Crippen molar-refractivity contribution in [3.8, 4) is 0 Å². The zero-order valence-corrected chi connectivity index (χ0v) is 15.4. The molecule has 3 rings (SSSR count). The fourth-order valence-electron chi connectivity index (χ4n) is 2.25. The van der Waals surface area contributed by atoms with Crippen molar-refractivity contribution >= 4 is 50.1 Å². The van der Waals surface area contributed by atoms with E-state index in [0.29, 0.717) is 26.1 Å². The van der Waals surface area contributed by atoms with Gasteiger partial charge in [0.05, 0.1) is 5.39 Å². The van der Waals surface area contributed by atoms with Gasteiger partial charge in [-0.05, 0) is 11.6 Å². The summed E-state index contributed by atoms with van der Waals surface area (Å²) in [6, 6.07) is 10.8. The van der Waals surface area contributed by atoms with Crippen LogP contribution in [-0.2, 0) is 17.9 Å². The molecule has 0 saturated heterocycles. The number of H-pyrrole nitrogens is 1. The van der Waals surface area contributed by atoms with Crippen molar-refractivity contribution in [3.05, 3.63) is 67.7 Å². The third-order valence-electron chi connectivity index (χ3n) is 3.39. The van der Waals surface area contributed by atoms with Gasteiger partial charge in [-0.2, -0.15) is 0 Å². The molecule has 0 fully saturated rings. The second kappa shape index (κ2) is 7.31. The number of fused-ring (bicyclic) bond motifs is 1. The van der Waals surface area contributed by atoms with Crippen LogP contribution in [0.1, 0.15) is 15.2 Å². The van der Waals surface area contributed by atoms with E-state index >= 15 is 0 Å². The van der Waals surface area contributed by atoms with Gasteiger partial charge in [-0.25, -0.2) is 9.59 Å². The lowest BCUT2D eigenvalue weighted by Crippen LogP contribution is -2.29. The van der Waals surface area contributed by atoms with Gasteiger partial charge in [0.15, 0.2) is 0 Å². The number of benzene rings is 1. The van der Waals surface area contributed by atoms with E-state index in [2.05, 4.69) is 27.6 Å². The van der Waals surface area contributed by atoms with Gasteiger partial charge in [-0.15, -0.1) is 11.3 Å². The van der Waals surface area contributed by atoms with Gasteiger partial charge in [0.1, 0.15) is 16.3 Å². The van der Waals surface area contributed by atoms with Crippen molar-refractivity contribution in [1.29, 1.82) is 0 Å². The molecule has 0 aliphatic rings. The number of aromatic amines is 1. The summed E-state index contributed by atoms with van der Waals surface area (Å²) in [5.74, 6) is -0.507. The SMILES string of the molecule is O=C(OCc1ccccc1)c1cc2c(=O)[nH]c(=O)n(CCI)c2s1. The van der Waals surface area contributed by atoms with E-state index in [0.717, 1.165) is 16.9 Å². The molecule has 0 unspecified atom stereocenters. The van der Waals surface area contributed by atoms with Crippen LogP contribution in [0.3, 0.4) is 0 Å². The maximum absolute atomic E-state index is 12.2. The van der Waals surface area contributed by atoms with Gasteiger partial charge in [0, 0.05) is 11.0 Å². The van der Waals surface area contributed by atoms with Crippen molar-refractivity contribution in [2.75, 3.05) is 4.43 Å². The minimum Gasteiger partial charge on any atom is -0.457 e. The van der Waals surface area contributed by atoms with Gasteiger partial charge in [0.2, 0.25) is 0 Å². The molecule has 0 bridgehead atoms. The molecule has 0 amide bonds. The number of halogens is 1. The Bertz CT molecular complexity index is 991. The highest BCUT2D eigenvalue weighted by Crippen LogP contribution is 2.23. The van der Waals surface area contributed by atoms with Crippen LogP contribution in [0.4, 0.5) is 0 Å². The molecular formula is C16H13IN2O4S. The number of hydrogen-bond donors (Lipinski definition) is 1. The number of ether oxygens (including phenoxy) is 1. The van der Waals surface area contributed by atoms with Crippen molar-refractivity contribution in [3.63, 3.8) is 0 Å². The van der Waals surface area contributed by atoms with E-state index in [1.807, 2.05) is 30.3 Å². The standard InChI is InChI=1S/C16H13IN2O4S/c17-6-7-19-14-11(13(20)18-16(19)22)8-12(24-14)15(21)23-9-10-4-2-1-3-5-10/h1-5,8H,6-7,9H2,(H,18,20,22). The number of nitrogens with one attached hydrogen (secondary N) is 1. The second-order valence-electron chi connectivity index (χ2n) is 4.99. The van der Waals surface area contributed by atoms with Crippen LogP contribution in [0, 0.1) is 0 Å². The summed E-state index contributed by atoms with van der Waals surface area (Å²) in [7, 11) is 0. The topological polar surface area (TPSA) is 81.2 Å². The number of aryl methyl sites for hydroxylation is 1. The van der Waals surface area contributed by atoms with Crippen molar-refractivity contribution < 1.29 is 9.53 Å². The molecule has 0 atom stereocenters.